The number of ether oxygens (including phenoxy) is 1. The van der Waals surface area contributed by atoms with Crippen molar-refractivity contribution < 1.29 is 19.4 Å². The summed E-state index contributed by atoms with van der Waals surface area (Å²) < 4.78 is 4.42. The van der Waals surface area contributed by atoms with E-state index < -0.39 is 5.97 Å². The quantitative estimate of drug-likeness (QED) is 0.417. The van der Waals surface area contributed by atoms with Crippen molar-refractivity contribution >= 4 is 11.9 Å². The molecule has 0 aliphatic heterocycles. The fraction of sp³-hybridized carbons (Fsp3) is 0.714. The third-order valence-corrected chi connectivity index (χ3v) is 1.06. The molecule has 0 saturated heterocycles. The maximum atomic E-state index is 10.8. The van der Waals surface area contributed by atoms with Crippen LogP contribution in [-0.4, -0.2) is 36.7 Å². The van der Waals surface area contributed by atoms with Gasteiger partial charge in [-0.15, -0.1) is 0 Å². The molecule has 0 radical (unpaired) electrons. The first kappa shape index (κ1) is 10.9. The first-order chi connectivity index (χ1) is 5.66. The molecule has 0 atom stereocenters. The van der Waals surface area contributed by atoms with Crippen molar-refractivity contribution in [1.29, 1.82) is 0 Å². The number of nitrogens with one attached hydrogen (secondary N) is 1. The molecule has 0 unspecified atom stereocenters. The number of rotatable bonds is 5. The van der Waals surface area contributed by atoms with Gasteiger partial charge in [0.15, 0.2) is 6.61 Å². The van der Waals surface area contributed by atoms with E-state index in [9.17, 15) is 9.59 Å². The summed E-state index contributed by atoms with van der Waals surface area (Å²) in [6.45, 7) is 1.42. The van der Waals surface area contributed by atoms with Gasteiger partial charge in [-0.3, -0.25) is 9.59 Å². The Hall–Kier alpha value is -1.10. The van der Waals surface area contributed by atoms with Gasteiger partial charge in [0.05, 0.1) is 0 Å². The monoisotopic (exact) mass is 175 g/mol. The number of carbonyl (C=O) groups is 2. The summed E-state index contributed by atoms with van der Waals surface area (Å²) in [6.07, 6.45) is 0.506. The predicted molar refractivity (Wildman–Crippen MR) is 41.3 cm³/mol. The number of aliphatic hydroxyl groups excluding tert-OH is 1. The van der Waals surface area contributed by atoms with Crippen molar-refractivity contribution in [2.24, 2.45) is 0 Å². The van der Waals surface area contributed by atoms with Crippen molar-refractivity contribution in [3.05, 3.63) is 0 Å². The Kier molecular flexibility index (Phi) is 6.00. The maximum Gasteiger partial charge on any atom is 0.303 e. The van der Waals surface area contributed by atoms with Crippen LogP contribution in [0.4, 0.5) is 0 Å². The molecule has 0 heterocycles. The topological polar surface area (TPSA) is 75.6 Å². The van der Waals surface area contributed by atoms with E-state index in [0.717, 1.165) is 0 Å². The van der Waals surface area contributed by atoms with Crippen molar-refractivity contribution in [3.63, 3.8) is 0 Å². The lowest BCUT2D eigenvalue weighted by molar-refractivity contribution is -0.146. The van der Waals surface area contributed by atoms with E-state index in [1.54, 1.807) is 0 Å². The number of carbonyl (C=O) groups excluding carboxylic acids is 2. The Balaban J connectivity index is 3.28. The molecular formula is C7H13NO4. The molecule has 5 heteroatoms. The third-order valence-electron chi connectivity index (χ3n) is 1.06. The molecule has 70 valence electrons. The molecule has 0 rings (SSSR count). The van der Waals surface area contributed by atoms with Crippen LogP contribution < -0.4 is 5.32 Å². The minimum atomic E-state index is -0.479. The third kappa shape index (κ3) is 7.01. The molecule has 0 bridgehead atoms. The van der Waals surface area contributed by atoms with Crippen LogP contribution in [-0.2, 0) is 14.3 Å². The van der Waals surface area contributed by atoms with Crippen molar-refractivity contribution in [1.82, 2.24) is 5.32 Å². The van der Waals surface area contributed by atoms with Gasteiger partial charge in [-0.05, 0) is 6.42 Å². The summed E-state index contributed by atoms with van der Waals surface area (Å²) in [5.41, 5.74) is 0. The van der Waals surface area contributed by atoms with E-state index in [4.69, 9.17) is 5.11 Å². The van der Waals surface area contributed by atoms with Gasteiger partial charge in [0.25, 0.3) is 5.91 Å². The molecule has 2 N–H and O–H groups in total. The molecule has 0 aromatic heterocycles. The van der Waals surface area contributed by atoms with E-state index in [-0.39, 0.29) is 19.1 Å². The van der Waals surface area contributed by atoms with Gasteiger partial charge in [-0.1, -0.05) is 0 Å². The Bertz CT molecular complexity index is 157. The number of hydrogen-bond donors (Lipinski definition) is 2. The van der Waals surface area contributed by atoms with Crippen LogP contribution in [0.1, 0.15) is 13.3 Å². The van der Waals surface area contributed by atoms with Gasteiger partial charge >= 0.3 is 5.97 Å². The zero-order chi connectivity index (χ0) is 9.40. The molecule has 0 fully saturated rings. The highest BCUT2D eigenvalue weighted by Gasteiger charge is 2.01. The molecule has 0 aromatic rings. The zero-order valence-corrected chi connectivity index (χ0v) is 7.00. The number of esters is 1. The minimum Gasteiger partial charge on any atom is -0.456 e. The molecule has 0 aliphatic carbocycles. The Labute approximate surface area is 70.7 Å². The Morgan fingerprint density at radius 3 is 2.67 bits per heavy atom. The maximum absolute atomic E-state index is 10.8. The second-order valence-electron chi connectivity index (χ2n) is 2.21. The number of amides is 1. The SMILES string of the molecule is CC(=O)OCC(=O)NCCCO. The molecule has 0 saturated carbocycles. The van der Waals surface area contributed by atoms with Gasteiger partial charge in [-0.2, -0.15) is 0 Å². The van der Waals surface area contributed by atoms with Crippen LogP contribution in [0.15, 0.2) is 0 Å². The highest BCUT2D eigenvalue weighted by Crippen LogP contribution is 1.77. The van der Waals surface area contributed by atoms with Crippen LogP contribution >= 0.6 is 0 Å². The van der Waals surface area contributed by atoms with E-state index in [2.05, 4.69) is 10.1 Å². The van der Waals surface area contributed by atoms with Crippen molar-refractivity contribution in [3.8, 4) is 0 Å². The fourth-order valence-corrected chi connectivity index (χ4v) is 0.525. The zero-order valence-electron chi connectivity index (χ0n) is 7.00. The first-order valence-corrected chi connectivity index (χ1v) is 3.67. The van der Waals surface area contributed by atoms with E-state index in [1.165, 1.54) is 6.92 Å². The summed E-state index contributed by atoms with van der Waals surface area (Å²) in [5.74, 6) is -0.828. The van der Waals surface area contributed by atoms with Gasteiger partial charge in [0.2, 0.25) is 0 Å². The van der Waals surface area contributed by atoms with Crippen LogP contribution in [0.5, 0.6) is 0 Å². The number of aliphatic hydroxyl groups is 1. The number of hydrogen-bond acceptors (Lipinski definition) is 4. The molecule has 1 amide bonds. The standard InChI is InChI=1S/C7H13NO4/c1-6(10)12-5-7(11)8-3-2-4-9/h9H,2-5H2,1H3,(H,8,11). The smallest absolute Gasteiger partial charge is 0.303 e. The average molecular weight is 175 g/mol. The van der Waals surface area contributed by atoms with Crippen LogP contribution in [0.2, 0.25) is 0 Å². The summed E-state index contributed by atoms with van der Waals surface area (Å²) in [4.78, 5) is 21.0. The fourth-order valence-electron chi connectivity index (χ4n) is 0.525. The van der Waals surface area contributed by atoms with E-state index in [1.807, 2.05) is 0 Å². The van der Waals surface area contributed by atoms with Crippen molar-refractivity contribution in [2.75, 3.05) is 19.8 Å². The molecule has 5 nitrogen and oxygen atoms in total. The average Bonchev–Trinajstić information content (AvgIpc) is 2.01. The summed E-state index contributed by atoms with van der Waals surface area (Å²) in [6, 6.07) is 0. The highest BCUT2D eigenvalue weighted by molar-refractivity contribution is 5.79. The largest absolute Gasteiger partial charge is 0.456 e. The minimum absolute atomic E-state index is 0.0356. The first-order valence-electron chi connectivity index (χ1n) is 3.67. The van der Waals surface area contributed by atoms with Gasteiger partial charge in [-0.25, -0.2) is 0 Å². The highest BCUT2D eigenvalue weighted by atomic mass is 16.5. The molecule has 12 heavy (non-hydrogen) atoms. The van der Waals surface area contributed by atoms with Crippen LogP contribution in [0.3, 0.4) is 0 Å². The van der Waals surface area contributed by atoms with Gasteiger partial charge in [0.1, 0.15) is 0 Å². The summed E-state index contributed by atoms with van der Waals surface area (Å²) >= 11 is 0. The van der Waals surface area contributed by atoms with Crippen molar-refractivity contribution in [2.45, 2.75) is 13.3 Å². The normalized spacial score (nSPS) is 9.17. The lowest BCUT2D eigenvalue weighted by Crippen LogP contribution is -2.29. The second-order valence-corrected chi connectivity index (χ2v) is 2.21. The molecule has 0 aromatic carbocycles. The Morgan fingerprint density at radius 1 is 1.50 bits per heavy atom. The molecule has 0 aliphatic rings. The summed E-state index contributed by atoms with van der Waals surface area (Å²) in [5, 5.41) is 10.8. The van der Waals surface area contributed by atoms with Gasteiger partial charge < -0.3 is 15.2 Å². The predicted octanol–water partition coefficient (Wildman–Crippen LogP) is -0.952. The van der Waals surface area contributed by atoms with Crippen LogP contribution in [0, 0.1) is 0 Å². The molecular weight excluding hydrogens is 162 g/mol. The van der Waals surface area contributed by atoms with E-state index in [0.29, 0.717) is 13.0 Å². The Morgan fingerprint density at radius 2 is 2.17 bits per heavy atom. The van der Waals surface area contributed by atoms with Gasteiger partial charge in [0, 0.05) is 20.1 Å². The lowest BCUT2D eigenvalue weighted by Gasteiger charge is -2.03. The molecule has 0 spiro atoms. The lowest BCUT2D eigenvalue weighted by atomic mass is 10.4. The van der Waals surface area contributed by atoms with Crippen LogP contribution in [0.25, 0.3) is 0 Å². The second kappa shape index (κ2) is 6.60. The van der Waals surface area contributed by atoms with E-state index >= 15 is 0 Å². The summed E-state index contributed by atoms with van der Waals surface area (Å²) in [7, 11) is 0.